The number of ether oxygens (including phenoxy) is 2. The standard InChI is InChI=1S/C24H24BrNO4/c1-3-30-21-8-7-14(12-22(21)29-2)16-10-19-24(20(27)11-16)18(13-23(28)26-19)15-5-4-6-17(25)9-15/h4-9,12,16,18H,3,10-11,13H2,1-2H3,(H,26,28). The van der Waals surface area contributed by atoms with E-state index >= 15 is 0 Å². The molecule has 0 saturated heterocycles. The van der Waals surface area contributed by atoms with Crippen LogP contribution in [0.4, 0.5) is 0 Å². The van der Waals surface area contributed by atoms with Gasteiger partial charge in [-0.15, -0.1) is 0 Å². The molecular formula is C24H24BrNO4. The number of methoxy groups -OCH3 is 1. The van der Waals surface area contributed by atoms with Gasteiger partial charge in [-0.05, 0) is 54.7 Å². The van der Waals surface area contributed by atoms with Gasteiger partial charge in [-0.2, -0.15) is 0 Å². The molecule has 2 aromatic rings. The van der Waals surface area contributed by atoms with E-state index in [1.165, 1.54) is 0 Å². The van der Waals surface area contributed by atoms with Crippen LogP contribution in [0.25, 0.3) is 0 Å². The molecule has 30 heavy (non-hydrogen) atoms. The second-order valence-corrected chi connectivity index (χ2v) is 8.54. The highest BCUT2D eigenvalue weighted by Gasteiger charge is 2.38. The number of rotatable bonds is 5. The summed E-state index contributed by atoms with van der Waals surface area (Å²) in [5.41, 5.74) is 3.50. The molecule has 0 saturated carbocycles. The predicted molar refractivity (Wildman–Crippen MR) is 118 cm³/mol. The minimum atomic E-state index is -0.199. The second kappa shape index (κ2) is 8.64. The third-order valence-corrected chi connectivity index (χ3v) is 6.24. The average molecular weight is 470 g/mol. The lowest BCUT2D eigenvalue weighted by atomic mass is 9.73. The van der Waals surface area contributed by atoms with Crippen LogP contribution >= 0.6 is 15.9 Å². The zero-order chi connectivity index (χ0) is 21.3. The first-order valence-corrected chi connectivity index (χ1v) is 10.9. The van der Waals surface area contributed by atoms with Crippen LogP contribution in [0.5, 0.6) is 11.5 Å². The Kier molecular flexibility index (Phi) is 5.95. The number of carbonyl (C=O) groups is 2. The van der Waals surface area contributed by atoms with Gasteiger partial charge in [0.1, 0.15) is 0 Å². The largest absolute Gasteiger partial charge is 0.493 e. The fourth-order valence-electron chi connectivity index (χ4n) is 4.42. The Balaban J connectivity index is 1.67. The van der Waals surface area contributed by atoms with Gasteiger partial charge in [0.25, 0.3) is 0 Å². The summed E-state index contributed by atoms with van der Waals surface area (Å²) in [6.07, 6.45) is 1.33. The topological polar surface area (TPSA) is 64.6 Å². The van der Waals surface area contributed by atoms with E-state index in [-0.39, 0.29) is 23.5 Å². The molecule has 1 aliphatic heterocycles. The normalized spacial score (nSPS) is 21.2. The first-order valence-electron chi connectivity index (χ1n) is 10.1. The molecule has 2 unspecified atom stereocenters. The molecule has 1 heterocycles. The van der Waals surface area contributed by atoms with Crippen LogP contribution in [-0.4, -0.2) is 25.4 Å². The van der Waals surface area contributed by atoms with E-state index in [4.69, 9.17) is 9.47 Å². The number of hydrogen-bond donors (Lipinski definition) is 1. The molecule has 2 atom stereocenters. The molecule has 0 bridgehead atoms. The molecule has 5 nitrogen and oxygen atoms in total. The lowest BCUT2D eigenvalue weighted by Crippen LogP contribution is -2.38. The molecule has 156 valence electrons. The summed E-state index contributed by atoms with van der Waals surface area (Å²) in [5, 5.41) is 2.98. The van der Waals surface area contributed by atoms with Gasteiger partial charge in [-0.1, -0.05) is 34.1 Å². The van der Waals surface area contributed by atoms with Crippen molar-refractivity contribution >= 4 is 27.6 Å². The van der Waals surface area contributed by atoms with Gasteiger partial charge in [-0.3, -0.25) is 9.59 Å². The Bertz CT molecular complexity index is 1030. The summed E-state index contributed by atoms with van der Waals surface area (Å²) in [7, 11) is 1.61. The summed E-state index contributed by atoms with van der Waals surface area (Å²) >= 11 is 3.49. The molecule has 1 amide bonds. The van der Waals surface area contributed by atoms with Crippen molar-refractivity contribution in [1.82, 2.24) is 5.32 Å². The molecule has 0 radical (unpaired) electrons. The number of halogens is 1. The van der Waals surface area contributed by atoms with Gasteiger partial charge >= 0.3 is 0 Å². The zero-order valence-electron chi connectivity index (χ0n) is 17.0. The first-order chi connectivity index (χ1) is 14.5. The van der Waals surface area contributed by atoms with Crippen LogP contribution in [0.1, 0.15) is 49.1 Å². The highest BCUT2D eigenvalue weighted by Crippen LogP contribution is 2.44. The summed E-state index contributed by atoms with van der Waals surface area (Å²) < 4.78 is 12.0. The van der Waals surface area contributed by atoms with Crippen molar-refractivity contribution in [3.63, 3.8) is 0 Å². The van der Waals surface area contributed by atoms with Gasteiger partial charge in [0.2, 0.25) is 5.91 Å². The molecule has 2 aliphatic rings. The third-order valence-electron chi connectivity index (χ3n) is 5.75. The quantitative estimate of drug-likeness (QED) is 0.678. The molecular weight excluding hydrogens is 446 g/mol. The zero-order valence-corrected chi connectivity index (χ0v) is 18.6. The summed E-state index contributed by atoms with van der Waals surface area (Å²) in [6, 6.07) is 13.7. The fraction of sp³-hybridized carbons (Fsp3) is 0.333. The Morgan fingerprint density at radius 1 is 1.03 bits per heavy atom. The number of benzene rings is 2. The molecule has 1 N–H and O–H groups in total. The fourth-order valence-corrected chi connectivity index (χ4v) is 4.83. The van der Waals surface area contributed by atoms with E-state index in [1.54, 1.807) is 7.11 Å². The summed E-state index contributed by atoms with van der Waals surface area (Å²) in [5.74, 6) is 1.18. The Morgan fingerprint density at radius 2 is 1.87 bits per heavy atom. The number of amides is 1. The molecule has 0 aromatic heterocycles. The molecule has 0 fully saturated rings. The van der Waals surface area contributed by atoms with Crippen molar-refractivity contribution in [3.8, 4) is 11.5 Å². The maximum Gasteiger partial charge on any atom is 0.225 e. The molecule has 0 spiro atoms. The van der Waals surface area contributed by atoms with Crippen LogP contribution < -0.4 is 14.8 Å². The van der Waals surface area contributed by atoms with E-state index in [0.29, 0.717) is 37.4 Å². The number of allylic oxidation sites excluding steroid dienone is 2. The lowest BCUT2D eigenvalue weighted by molar-refractivity contribution is -0.122. The molecule has 2 aromatic carbocycles. The summed E-state index contributed by atoms with van der Waals surface area (Å²) in [6.45, 7) is 2.48. The Morgan fingerprint density at radius 3 is 2.60 bits per heavy atom. The summed E-state index contributed by atoms with van der Waals surface area (Å²) in [4.78, 5) is 25.7. The Hall–Kier alpha value is -2.60. The second-order valence-electron chi connectivity index (χ2n) is 7.62. The van der Waals surface area contributed by atoms with Crippen molar-refractivity contribution in [2.75, 3.05) is 13.7 Å². The van der Waals surface area contributed by atoms with Crippen LogP contribution in [0.15, 0.2) is 58.2 Å². The third kappa shape index (κ3) is 4.01. The van der Waals surface area contributed by atoms with Crippen molar-refractivity contribution in [1.29, 1.82) is 0 Å². The van der Waals surface area contributed by atoms with Crippen molar-refractivity contribution in [2.45, 2.75) is 38.0 Å². The van der Waals surface area contributed by atoms with E-state index < -0.39 is 0 Å². The minimum absolute atomic E-state index is 0.0117. The highest BCUT2D eigenvalue weighted by molar-refractivity contribution is 9.10. The van der Waals surface area contributed by atoms with Crippen LogP contribution in [0.3, 0.4) is 0 Å². The lowest BCUT2D eigenvalue weighted by Gasteiger charge is -2.34. The van der Waals surface area contributed by atoms with Crippen molar-refractivity contribution in [2.24, 2.45) is 0 Å². The van der Waals surface area contributed by atoms with E-state index in [2.05, 4.69) is 21.2 Å². The van der Waals surface area contributed by atoms with Crippen LogP contribution in [0, 0.1) is 0 Å². The SMILES string of the molecule is CCOc1ccc(C2CC(=O)C3=C(C2)NC(=O)CC3c2cccc(Br)c2)cc1OC. The van der Waals surface area contributed by atoms with Crippen LogP contribution in [-0.2, 0) is 9.59 Å². The van der Waals surface area contributed by atoms with Gasteiger partial charge in [0.15, 0.2) is 17.3 Å². The van der Waals surface area contributed by atoms with Gasteiger partial charge < -0.3 is 14.8 Å². The number of hydrogen-bond acceptors (Lipinski definition) is 4. The smallest absolute Gasteiger partial charge is 0.225 e. The maximum absolute atomic E-state index is 13.2. The van der Waals surface area contributed by atoms with E-state index in [0.717, 1.165) is 26.9 Å². The minimum Gasteiger partial charge on any atom is -0.493 e. The number of nitrogens with one attached hydrogen (secondary N) is 1. The molecule has 1 aliphatic carbocycles. The van der Waals surface area contributed by atoms with Gasteiger partial charge in [-0.25, -0.2) is 0 Å². The number of Topliss-reactive ketones (excluding diaryl/α,β-unsaturated/α-hetero) is 1. The highest BCUT2D eigenvalue weighted by atomic mass is 79.9. The van der Waals surface area contributed by atoms with Gasteiger partial charge in [0, 0.05) is 34.5 Å². The molecule has 4 rings (SSSR count). The first kappa shape index (κ1) is 20.7. The monoisotopic (exact) mass is 469 g/mol. The number of carbonyl (C=O) groups excluding carboxylic acids is 2. The van der Waals surface area contributed by atoms with E-state index in [9.17, 15) is 9.59 Å². The van der Waals surface area contributed by atoms with Crippen molar-refractivity contribution in [3.05, 3.63) is 69.3 Å². The predicted octanol–water partition coefficient (Wildman–Crippen LogP) is 4.86. The average Bonchev–Trinajstić information content (AvgIpc) is 2.73. The van der Waals surface area contributed by atoms with E-state index in [1.807, 2.05) is 49.4 Å². The Labute approximate surface area is 184 Å². The van der Waals surface area contributed by atoms with Crippen molar-refractivity contribution < 1.29 is 19.1 Å². The molecule has 6 heteroatoms. The number of ketones is 1. The van der Waals surface area contributed by atoms with Crippen LogP contribution in [0.2, 0.25) is 0 Å². The maximum atomic E-state index is 13.2. The van der Waals surface area contributed by atoms with Gasteiger partial charge in [0.05, 0.1) is 13.7 Å².